The Morgan fingerprint density at radius 2 is 1.58 bits per heavy atom. The molecule has 0 aromatic heterocycles. The molecule has 0 spiro atoms. The van der Waals surface area contributed by atoms with Crippen LogP contribution in [-0.4, -0.2) is 140 Å². The Morgan fingerprint density at radius 3 is 2.29 bits per heavy atom. The molecule has 2 aliphatic heterocycles. The normalized spacial score (nSPS) is 28.4. The summed E-state index contributed by atoms with van der Waals surface area (Å²) in [5.74, 6) is 3.09. The summed E-state index contributed by atoms with van der Waals surface area (Å²) in [5.41, 5.74) is 0.818. The highest BCUT2D eigenvalue weighted by molar-refractivity contribution is 8.00. The maximum absolute atomic E-state index is 12.4. The SMILES string of the molecule is CCN(CC)C(=O)CCCSCCC1NCC(O)C(Oc2cccc(CNC(=O)CSCCC3NCC(O)C(O)C3O)c2)C1O. The Hall–Kier alpha value is -1.62. The average Bonchev–Trinajstić information content (AvgIpc) is 3.03. The van der Waals surface area contributed by atoms with Crippen molar-refractivity contribution in [3.8, 4) is 5.75 Å². The van der Waals surface area contributed by atoms with E-state index in [1.165, 1.54) is 11.8 Å². The molecule has 1 aromatic carbocycles. The van der Waals surface area contributed by atoms with Crippen LogP contribution in [0.3, 0.4) is 0 Å². The van der Waals surface area contributed by atoms with Crippen molar-refractivity contribution in [3.63, 3.8) is 0 Å². The minimum absolute atomic E-state index is 0.140. The van der Waals surface area contributed by atoms with Gasteiger partial charge in [-0.2, -0.15) is 23.5 Å². The zero-order valence-electron chi connectivity index (χ0n) is 26.3. The number of carbonyl (C=O) groups is 2. The number of aliphatic hydroxyl groups is 5. The molecule has 3 rings (SSSR count). The standard InChI is InChI=1S/C31H52N4O8S2/c1-3-35(4-2)27(39)9-6-12-44-13-10-23-29(41)31(25(37)18-33-23)43-21-8-5-7-20(15-21)16-34-26(38)19-45-14-11-22-28(40)30(42)24(36)17-32-22/h5,7-8,15,22-25,28-33,36-37,40-42H,3-4,6,9-14,16-19H2,1-2H3,(H,34,38). The maximum atomic E-state index is 12.4. The van der Waals surface area contributed by atoms with Gasteiger partial charge in [-0.05, 0) is 68.1 Å². The maximum Gasteiger partial charge on any atom is 0.230 e. The van der Waals surface area contributed by atoms with Crippen molar-refractivity contribution in [3.05, 3.63) is 29.8 Å². The largest absolute Gasteiger partial charge is 0.485 e. The van der Waals surface area contributed by atoms with Gasteiger partial charge in [-0.25, -0.2) is 0 Å². The lowest BCUT2D eigenvalue weighted by Crippen LogP contribution is -2.61. The third kappa shape index (κ3) is 12.2. The molecule has 14 heteroatoms. The molecule has 12 nitrogen and oxygen atoms in total. The molecule has 2 amide bonds. The van der Waals surface area contributed by atoms with Crippen LogP contribution in [-0.2, 0) is 16.1 Å². The number of aliphatic hydroxyl groups excluding tert-OH is 5. The third-order valence-corrected chi connectivity index (χ3v) is 10.4. The zero-order chi connectivity index (χ0) is 32.8. The molecule has 8 unspecified atom stereocenters. The first-order valence-corrected chi connectivity index (χ1v) is 18.3. The highest BCUT2D eigenvalue weighted by atomic mass is 32.2. The number of rotatable bonds is 18. The van der Waals surface area contributed by atoms with Crippen LogP contribution in [0.5, 0.6) is 5.75 Å². The van der Waals surface area contributed by atoms with Crippen molar-refractivity contribution in [2.45, 2.75) is 94.8 Å². The van der Waals surface area contributed by atoms with Gasteiger partial charge in [0, 0.05) is 51.2 Å². The van der Waals surface area contributed by atoms with Crippen molar-refractivity contribution in [2.24, 2.45) is 0 Å². The topological polar surface area (TPSA) is 184 Å². The molecule has 8 N–H and O–H groups in total. The monoisotopic (exact) mass is 672 g/mol. The number of hydrogen-bond acceptors (Lipinski definition) is 12. The van der Waals surface area contributed by atoms with E-state index in [9.17, 15) is 35.1 Å². The summed E-state index contributed by atoms with van der Waals surface area (Å²) in [6.07, 6.45) is -3.17. The van der Waals surface area contributed by atoms with Crippen LogP contribution in [0.2, 0.25) is 0 Å². The molecule has 0 radical (unpaired) electrons. The molecule has 1 aromatic rings. The van der Waals surface area contributed by atoms with E-state index < -0.39 is 36.6 Å². The summed E-state index contributed by atoms with van der Waals surface area (Å²) >= 11 is 3.18. The number of amides is 2. The summed E-state index contributed by atoms with van der Waals surface area (Å²) in [6.45, 7) is 6.26. The van der Waals surface area contributed by atoms with Crippen LogP contribution in [0.4, 0.5) is 0 Å². The predicted octanol–water partition coefficient (Wildman–Crippen LogP) is -0.306. The van der Waals surface area contributed by atoms with E-state index in [4.69, 9.17) is 4.74 Å². The lowest BCUT2D eigenvalue weighted by Gasteiger charge is -2.39. The number of thioether (sulfide) groups is 2. The number of ether oxygens (including phenoxy) is 1. The zero-order valence-corrected chi connectivity index (χ0v) is 28.0. The van der Waals surface area contributed by atoms with Crippen LogP contribution < -0.4 is 20.7 Å². The Bertz CT molecular complexity index is 1040. The first kappa shape index (κ1) is 37.8. The Labute approximate surface area is 275 Å². The van der Waals surface area contributed by atoms with Gasteiger partial charge in [-0.3, -0.25) is 9.59 Å². The lowest BCUT2D eigenvalue weighted by molar-refractivity contribution is -0.130. The molecule has 256 valence electrons. The van der Waals surface area contributed by atoms with E-state index in [0.717, 1.165) is 36.6 Å². The Morgan fingerprint density at radius 1 is 0.911 bits per heavy atom. The van der Waals surface area contributed by atoms with Crippen LogP contribution in [0.15, 0.2) is 24.3 Å². The van der Waals surface area contributed by atoms with Gasteiger partial charge in [0.25, 0.3) is 0 Å². The summed E-state index contributed by atoms with van der Waals surface area (Å²) < 4.78 is 6.07. The van der Waals surface area contributed by atoms with Gasteiger partial charge in [0.1, 0.15) is 24.1 Å². The van der Waals surface area contributed by atoms with E-state index in [1.54, 1.807) is 30.0 Å². The van der Waals surface area contributed by atoms with Crippen molar-refractivity contribution >= 4 is 35.3 Å². The van der Waals surface area contributed by atoms with Crippen LogP contribution in [0, 0.1) is 0 Å². The molecule has 0 bridgehead atoms. The molecule has 2 aliphatic rings. The van der Waals surface area contributed by atoms with Crippen molar-refractivity contribution < 1.29 is 39.9 Å². The van der Waals surface area contributed by atoms with E-state index in [2.05, 4.69) is 16.0 Å². The molecule has 45 heavy (non-hydrogen) atoms. The number of piperidine rings is 2. The molecule has 2 saturated heterocycles. The van der Waals surface area contributed by atoms with Crippen LogP contribution in [0.1, 0.15) is 45.1 Å². The molecule has 0 saturated carbocycles. The lowest BCUT2D eigenvalue weighted by atomic mass is 9.94. The average molecular weight is 673 g/mol. The number of nitrogens with zero attached hydrogens (tertiary/aromatic N) is 1. The van der Waals surface area contributed by atoms with Gasteiger partial charge in [0.05, 0.1) is 18.0 Å². The molecule has 0 aliphatic carbocycles. The Kier molecular flexibility index (Phi) is 16.7. The van der Waals surface area contributed by atoms with Crippen molar-refractivity contribution in [2.75, 3.05) is 49.2 Å². The summed E-state index contributed by atoms with van der Waals surface area (Å²) in [5, 5.41) is 60.2. The van der Waals surface area contributed by atoms with Gasteiger partial charge >= 0.3 is 0 Å². The fourth-order valence-corrected chi connectivity index (χ4v) is 7.35. The fourth-order valence-electron chi connectivity index (χ4n) is 5.52. The van der Waals surface area contributed by atoms with Crippen LogP contribution >= 0.6 is 23.5 Å². The first-order valence-electron chi connectivity index (χ1n) is 16.0. The highest BCUT2D eigenvalue weighted by Crippen LogP contribution is 2.23. The number of nitrogens with one attached hydrogen (secondary N) is 3. The summed E-state index contributed by atoms with van der Waals surface area (Å²) in [4.78, 5) is 26.4. The smallest absolute Gasteiger partial charge is 0.230 e. The third-order valence-electron chi connectivity index (χ3n) is 8.30. The number of benzene rings is 1. The quantitative estimate of drug-likeness (QED) is 0.0955. The number of carbonyl (C=O) groups excluding carboxylic acids is 2. The second-order valence-corrected chi connectivity index (χ2v) is 13.9. The summed E-state index contributed by atoms with van der Waals surface area (Å²) in [6, 6.07) is 6.65. The second kappa shape index (κ2) is 19.9. The van der Waals surface area contributed by atoms with E-state index in [-0.39, 0.29) is 36.2 Å². The van der Waals surface area contributed by atoms with Crippen molar-refractivity contribution in [1.29, 1.82) is 0 Å². The highest BCUT2D eigenvalue weighted by Gasteiger charge is 2.39. The molecular weight excluding hydrogens is 620 g/mol. The van der Waals surface area contributed by atoms with E-state index >= 15 is 0 Å². The van der Waals surface area contributed by atoms with Gasteiger partial charge in [0.15, 0.2) is 6.10 Å². The summed E-state index contributed by atoms with van der Waals surface area (Å²) in [7, 11) is 0. The van der Waals surface area contributed by atoms with E-state index in [0.29, 0.717) is 43.9 Å². The van der Waals surface area contributed by atoms with Gasteiger partial charge < -0.3 is 51.1 Å². The van der Waals surface area contributed by atoms with Crippen molar-refractivity contribution in [1.82, 2.24) is 20.9 Å². The van der Waals surface area contributed by atoms with Gasteiger partial charge in [-0.1, -0.05) is 12.1 Å². The minimum atomic E-state index is -1.17. The minimum Gasteiger partial charge on any atom is -0.485 e. The molecule has 2 heterocycles. The number of β-amino-alcohol motifs (C(OH)–C–C–N with tert-alkyl or cyclic N) is 2. The first-order chi connectivity index (χ1) is 21.6. The number of hydrogen-bond donors (Lipinski definition) is 8. The predicted molar refractivity (Wildman–Crippen MR) is 177 cm³/mol. The molecular formula is C31H52N4O8S2. The second-order valence-electron chi connectivity index (χ2n) is 11.6. The Balaban J connectivity index is 1.35. The molecule has 8 atom stereocenters. The molecule has 2 fully saturated rings. The van der Waals surface area contributed by atoms with Crippen LogP contribution in [0.25, 0.3) is 0 Å². The van der Waals surface area contributed by atoms with Gasteiger partial charge in [-0.15, -0.1) is 0 Å². The van der Waals surface area contributed by atoms with Gasteiger partial charge in [0.2, 0.25) is 11.8 Å². The fraction of sp³-hybridized carbons (Fsp3) is 0.742. The van der Waals surface area contributed by atoms with E-state index in [1.807, 2.05) is 24.8 Å².